The fourth-order valence-electron chi connectivity index (χ4n) is 3.79. The van der Waals surface area contributed by atoms with Crippen LogP contribution < -0.4 is 0 Å². The quantitative estimate of drug-likeness (QED) is 0.751. The Labute approximate surface area is 162 Å². The molecule has 7 heteroatoms. The molecule has 0 saturated carbocycles. The van der Waals surface area contributed by atoms with Crippen LogP contribution in [0.4, 0.5) is 13.2 Å². The normalized spacial score (nSPS) is 17.4. The van der Waals surface area contributed by atoms with E-state index in [1.165, 1.54) is 18.2 Å². The maximum absolute atomic E-state index is 13.3. The van der Waals surface area contributed by atoms with E-state index in [0.29, 0.717) is 19.6 Å². The summed E-state index contributed by atoms with van der Waals surface area (Å²) in [6, 6.07) is 9.11. The van der Waals surface area contributed by atoms with Gasteiger partial charge in [-0.3, -0.25) is 9.69 Å². The molecular weight excluding hydrogens is 369 g/mol. The van der Waals surface area contributed by atoms with Gasteiger partial charge < -0.3 is 9.32 Å². The highest BCUT2D eigenvalue weighted by molar-refractivity contribution is 5.96. The first-order chi connectivity index (χ1) is 13.4. The summed E-state index contributed by atoms with van der Waals surface area (Å²) < 4.78 is 45.2. The zero-order chi connectivity index (χ0) is 20.1. The molecule has 1 unspecified atom stereocenters. The first-order valence-corrected chi connectivity index (χ1v) is 9.62. The summed E-state index contributed by atoms with van der Waals surface area (Å²) in [5, 5.41) is 0. The number of halogens is 3. The van der Waals surface area contributed by atoms with E-state index in [1.807, 2.05) is 12.1 Å². The summed E-state index contributed by atoms with van der Waals surface area (Å²) in [7, 11) is 0. The fraction of sp³-hybridized carbons (Fsp3) is 0.476. The predicted octanol–water partition coefficient (Wildman–Crippen LogP) is 4.47. The van der Waals surface area contributed by atoms with Crippen LogP contribution in [0.25, 0.3) is 0 Å². The van der Waals surface area contributed by atoms with Gasteiger partial charge in [0.25, 0.3) is 5.91 Å². The van der Waals surface area contributed by atoms with E-state index < -0.39 is 17.6 Å². The molecule has 3 rings (SSSR count). The molecule has 1 amide bonds. The Morgan fingerprint density at radius 3 is 2.57 bits per heavy atom. The Morgan fingerprint density at radius 2 is 1.89 bits per heavy atom. The van der Waals surface area contributed by atoms with E-state index in [-0.39, 0.29) is 11.6 Å². The van der Waals surface area contributed by atoms with Crippen molar-refractivity contribution in [1.82, 2.24) is 9.80 Å². The van der Waals surface area contributed by atoms with Gasteiger partial charge in [0.2, 0.25) is 0 Å². The Kier molecular flexibility index (Phi) is 6.44. The van der Waals surface area contributed by atoms with Gasteiger partial charge in [-0.25, -0.2) is 0 Å². The summed E-state index contributed by atoms with van der Waals surface area (Å²) in [6.07, 6.45) is -0.433. The van der Waals surface area contributed by atoms with Gasteiger partial charge in [0.05, 0.1) is 17.4 Å². The number of alkyl halides is 3. The smallest absolute Gasteiger partial charge is 0.417 e. The molecule has 1 aromatic carbocycles. The highest BCUT2D eigenvalue weighted by Gasteiger charge is 2.36. The number of carbonyl (C=O) groups excluding carboxylic acids is 1. The molecule has 2 aromatic rings. The highest BCUT2D eigenvalue weighted by Crippen LogP contribution is 2.32. The van der Waals surface area contributed by atoms with Crippen LogP contribution in [0.1, 0.15) is 41.4 Å². The first kappa shape index (κ1) is 20.5. The van der Waals surface area contributed by atoms with E-state index in [2.05, 4.69) is 11.8 Å². The van der Waals surface area contributed by atoms with Crippen LogP contribution in [-0.2, 0) is 12.6 Å². The molecule has 1 saturated heterocycles. The van der Waals surface area contributed by atoms with Crippen LogP contribution >= 0.6 is 0 Å². The van der Waals surface area contributed by atoms with Crippen molar-refractivity contribution in [1.29, 1.82) is 0 Å². The van der Waals surface area contributed by atoms with E-state index in [9.17, 15) is 18.0 Å². The van der Waals surface area contributed by atoms with Crippen LogP contribution in [0.2, 0.25) is 0 Å². The van der Waals surface area contributed by atoms with E-state index in [1.54, 1.807) is 11.2 Å². The average molecular weight is 394 g/mol. The van der Waals surface area contributed by atoms with Gasteiger partial charge in [0.15, 0.2) is 0 Å². The zero-order valence-corrected chi connectivity index (χ0v) is 15.9. The molecule has 0 spiro atoms. The third-order valence-corrected chi connectivity index (χ3v) is 5.29. The summed E-state index contributed by atoms with van der Waals surface area (Å²) in [6.45, 7) is 4.43. The molecule has 28 heavy (non-hydrogen) atoms. The van der Waals surface area contributed by atoms with Gasteiger partial charge in [-0.15, -0.1) is 0 Å². The molecule has 0 aliphatic carbocycles. The van der Waals surface area contributed by atoms with Crippen molar-refractivity contribution in [3.63, 3.8) is 0 Å². The van der Waals surface area contributed by atoms with Crippen LogP contribution in [-0.4, -0.2) is 47.9 Å². The second-order valence-electron chi connectivity index (χ2n) is 7.07. The van der Waals surface area contributed by atoms with Crippen molar-refractivity contribution in [2.75, 3.05) is 26.2 Å². The summed E-state index contributed by atoms with van der Waals surface area (Å²) in [5.41, 5.74) is -1.14. The van der Waals surface area contributed by atoms with Gasteiger partial charge >= 0.3 is 6.18 Å². The monoisotopic (exact) mass is 394 g/mol. The Morgan fingerprint density at radius 1 is 1.11 bits per heavy atom. The number of furan rings is 1. The van der Waals surface area contributed by atoms with Gasteiger partial charge in [0.1, 0.15) is 5.76 Å². The van der Waals surface area contributed by atoms with Gasteiger partial charge in [-0.05, 0) is 37.1 Å². The highest BCUT2D eigenvalue weighted by atomic mass is 19.4. The molecular formula is C21H25F3N2O2. The van der Waals surface area contributed by atoms with Crippen LogP contribution in [0.15, 0.2) is 47.1 Å². The molecule has 0 N–H and O–H groups in total. The second-order valence-corrected chi connectivity index (χ2v) is 7.07. The van der Waals surface area contributed by atoms with E-state index >= 15 is 0 Å². The minimum atomic E-state index is -4.54. The molecule has 0 radical (unpaired) electrons. The number of amides is 1. The number of rotatable bonds is 5. The summed E-state index contributed by atoms with van der Waals surface area (Å²) in [5.74, 6) is 0.372. The molecule has 4 nitrogen and oxygen atoms in total. The molecule has 1 aromatic heterocycles. The molecule has 2 heterocycles. The van der Waals surface area contributed by atoms with Crippen molar-refractivity contribution in [2.24, 2.45) is 0 Å². The number of nitrogens with zero attached hydrogens (tertiary/aromatic N) is 2. The molecule has 1 fully saturated rings. The Bertz CT molecular complexity index is 774. The van der Waals surface area contributed by atoms with Crippen molar-refractivity contribution in [2.45, 2.75) is 38.4 Å². The largest absolute Gasteiger partial charge is 0.469 e. The number of carbonyl (C=O) groups is 1. The molecule has 0 bridgehead atoms. The molecule has 1 atom stereocenters. The number of hydrogen-bond acceptors (Lipinski definition) is 3. The standard InChI is InChI=1S/C21H25F3N2O2/c1-2-16(15-17-7-5-14-28-17)25-10-6-11-26(13-12-25)20(27)18-8-3-4-9-19(18)21(22,23)24/h3-5,7-9,14,16H,2,6,10-13,15H2,1H3. The fourth-order valence-corrected chi connectivity index (χ4v) is 3.79. The van der Waals surface area contributed by atoms with Crippen LogP contribution in [0.5, 0.6) is 0 Å². The topological polar surface area (TPSA) is 36.7 Å². The maximum atomic E-state index is 13.3. The Hall–Kier alpha value is -2.28. The average Bonchev–Trinajstić information content (AvgIpc) is 3.07. The lowest BCUT2D eigenvalue weighted by Crippen LogP contribution is -2.40. The van der Waals surface area contributed by atoms with Gasteiger partial charge in [-0.1, -0.05) is 19.1 Å². The lowest BCUT2D eigenvalue weighted by Gasteiger charge is -2.29. The number of hydrogen-bond donors (Lipinski definition) is 0. The van der Waals surface area contributed by atoms with Crippen molar-refractivity contribution in [3.8, 4) is 0 Å². The van der Waals surface area contributed by atoms with Crippen molar-refractivity contribution < 1.29 is 22.4 Å². The van der Waals surface area contributed by atoms with Crippen molar-refractivity contribution >= 4 is 5.91 Å². The molecule has 152 valence electrons. The van der Waals surface area contributed by atoms with Gasteiger partial charge in [-0.2, -0.15) is 13.2 Å². The van der Waals surface area contributed by atoms with E-state index in [0.717, 1.165) is 37.6 Å². The molecule has 1 aliphatic heterocycles. The number of benzene rings is 1. The second kappa shape index (κ2) is 8.82. The molecule has 1 aliphatic rings. The SMILES string of the molecule is CCC(Cc1ccco1)N1CCCN(C(=O)c2ccccc2C(F)(F)F)CC1. The van der Waals surface area contributed by atoms with E-state index in [4.69, 9.17) is 4.42 Å². The van der Waals surface area contributed by atoms with Crippen molar-refractivity contribution in [3.05, 3.63) is 59.5 Å². The minimum absolute atomic E-state index is 0.272. The Balaban J connectivity index is 1.69. The zero-order valence-electron chi connectivity index (χ0n) is 15.9. The summed E-state index contributed by atoms with van der Waals surface area (Å²) in [4.78, 5) is 16.7. The van der Waals surface area contributed by atoms with Crippen LogP contribution in [0, 0.1) is 0 Å². The maximum Gasteiger partial charge on any atom is 0.417 e. The summed E-state index contributed by atoms with van der Waals surface area (Å²) >= 11 is 0. The predicted molar refractivity (Wildman–Crippen MR) is 100 cm³/mol. The van der Waals surface area contributed by atoms with Gasteiger partial charge in [0, 0.05) is 38.6 Å². The third kappa shape index (κ3) is 4.76. The first-order valence-electron chi connectivity index (χ1n) is 9.62. The third-order valence-electron chi connectivity index (χ3n) is 5.29. The van der Waals surface area contributed by atoms with Crippen LogP contribution in [0.3, 0.4) is 0 Å². The minimum Gasteiger partial charge on any atom is -0.469 e. The lowest BCUT2D eigenvalue weighted by atomic mass is 10.1. The lowest BCUT2D eigenvalue weighted by molar-refractivity contribution is -0.138.